The van der Waals surface area contributed by atoms with E-state index in [9.17, 15) is 150 Å². The molecule has 0 saturated carbocycles. The molecule has 0 aliphatic rings. The van der Waals surface area contributed by atoms with E-state index in [1.54, 1.807) is 0 Å². The summed E-state index contributed by atoms with van der Waals surface area (Å²) in [5.74, 6) is -130. The maximum atomic E-state index is 15.3. The van der Waals surface area contributed by atoms with E-state index >= 15 is 26.3 Å². The molecule has 0 unspecified atom stereocenters. The van der Waals surface area contributed by atoms with Crippen molar-refractivity contribution in [3.05, 3.63) is 29.8 Å². The van der Waals surface area contributed by atoms with Gasteiger partial charge in [-0.3, -0.25) is 0 Å². The van der Waals surface area contributed by atoms with Crippen LogP contribution < -0.4 is 3.58 Å². The first kappa shape index (κ1) is 71.8. The Bertz CT molecular complexity index is 1990. The first-order chi connectivity index (χ1) is 33.3. The molecule has 0 aliphatic heterocycles. The zero-order valence-electron chi connectivity index (χ0n) is 36.6. The number of halogens is 39. The summed E-state index contributed by atoms with van der Waals surface area (Å²) < 4.78 is 534. The van der Waals surface area contributed by atoms with Crippen molar-refractivity contribution in [1.29, 1.82) is 0 Å². The molecule has 1 amide bonds. The van der Waals surface area contributed by atoms with E-state index in [1.807, 2.05) is 0 Å². The van der Waals surface area contributed by atoms with Crippen LogP contribution in [0.1, 0.15) is 43.5 Å². The standard InChI is InChI=1S/C11H14NO.3C8H4F13.Sn/c1-3-12(4-2)11(13)10-8-6-5-7-9-10;3*1-2-3(9,10)4(11,12)5(13,14)6(15,16)7(17,18)8(19,20)21;/h6-9H,3-4H2,1-2H3;3*1-2H2;. The van der Waals surface area contributed by atoms with Gasteiger partial charge in [-0.25, -0.2) is 0 Å². The van der Waals surface area contributed by atoms with Gasteiger partial charge in [0.05, 0.1) is 0 Å². The summed E-state index contributed by atoms with van der Waals surface area (Å²) in [4.78, 5) is 13.5. The predicted molar refractivity (Wildman–Crippen MR) is 180 cm³/mol. The second-order valence-electron chi connectivity index (χ2n) is 16.3. The molecule has 1 rings (SSSR count). The molecule has 0 saturated heterocycles. The molecule has 0 atom stereocenters. The van der Waals surface area contributed by atoms with E-state index < -0.39 is 186 Å². The van der Waals surface area contributed by atoms with Gasteiger partial charge in [0.1, 0.15) is 0 Å². The zero-order chi connectivity index (χ0) is 62.3. The monoisotopic (exact) mass is 1340 g/mol. The number of rotatable bonds is 25. The molecule has 0 heterocycles. The van der Waals surface area contributed by atoms with Crippen molar-refractivity contribution in [2.75, 3.05) is 13.1 Å². The molecular formula is C35H26F39NOSn. The van der Waals surface area contributed by atoms with E-state index in [-0.39, 0.29) is 24.3 Å². The Morgan fingerprint density at radius 2 is 0.519 bits per heavy atom. The van der Waals surface area contributed by atoms with Gasteiger partial charge in [-0.2, -0.15) is 0 Å². The fourth-order valence-electron chi connectivity index (χ4n) is 6.53. The van der Waals surface area contributed by atoms with Crippen molar-refractivity contribution in [2.45, 2.75) is 154 Å². The van der Waals surface area contributed by atoms with Gasteiger partial charge in [0.2, 0.25) is 0 Å². The van der Waals surface area contributed by atoms with Gasteiger partial charge < -0.3 is 0 Å². The summed E-state index contributed by atoms with van der Waals surface area (Å²) in [7, 11) is 0. The molecule has 0 bridgehead atoms. The summed E-state index contributed by atoms with van der Waals surface area (Å²) in [6.07, 6.45) is -36.7. The summed E-state index contributed by atoms with van der Waals surface area (Å²) in [6, 6.07) is -0.490. The number of carbonyl (C=O) groups excluding carboxylic acids is 1. The Hall–Kier alpha value is -3.24. The number of amides is 1. The van der Waals surface area contributed by atoms with Crippen LogP contribution in [0.2, 0.25) is 13.3 Å². The first-order valence-electron chi connectivity index (χ1n) is 19.5. The van der Waals surface area contributed by atoms with E-state index in [4.69, 9.17) is 0 Å². The van der Waals surface area contributed by atoms with Crippen molar-refractivity contribution < 1.29 is 176 Å². The molecule has 77 heavy (non-hydrogen) atoms. The second kappa shape index (κ2) is 20.6. The second-order valence-corrected chi connectivity index (χ2v) is 29.6. The first-order valence-corrected chi connectivity index (χ1v) is 27.0. The number of nitrogens with zero attached hydrogens (tertiary/aromatic N) is 1. The third kappa shape index (κ3) is 11.1. The molecule has 1 aromatic rings. The van der Waals surface area contributed by atoms with Gasteiger partial charge in [-0.15, -0.1) is 0 Å². The van der Waals surface area contributed by atoms with E-state index in [0.717, 1.165) is 13.8 Å². The average molecular weight is 1340 g/mol. The minimum atomic E-state index is -8.91. The molecular weight excluding hydrogens is 1310 g/mol. The molecule has 0 fully saturated rings. The molecule has 0 aliphatic carbocycles. The number of carbonyl (C=O) groups is 1. The van der Waals surface area contributed by atoms with Crippen molar-refractivity contribution >= 4 is 27.9 Å². The van der Waals surface area contributed by atoms with Gasteiger partial charge in [0.15, 0.2) is 0 Å². The van der Waals surface area contributed by atoms with Crippen molar-refractivity contribution in [3.63, 3.8) is 0 Å². The van der Waals surface area contributed by atoms with Gasteiger partial charge >= 0.3 is 405 Å². The van der Waals surface area contributed by atoms with Gasteiger partial charge in [0, 0.05) is 0 Å². The van der Waals surface area contributed by atoms with Crippen LogP contribution in [0.4, 0.5) is 171 Å². The van der Waals surface area contributed by atoms with E-state index in [2.05, 4.69) is 0 Å². The molecule has 1 aromatic carbocycles. The fourth-order valence-corrected chi connectivity index (χ4v) is 20.4. The van der Waals surface area contributed by atoms with Crippen LogP contribution in [-0.4, -0.2) is 150 Å². The summed E-state index contributed by atoms with van der Waals surface area (Å²) in [6.45, 7) is 1.42. The molecule has 0 radical (unpaired) electrons. The van der Waals surface area contributed by atoms with Crippen LogP contribution in [-0.2, 0) is 0 Å². The Kier molecular flexibility index (Phi) is 19.2. The Balaban J connectivity index is 4.67. The Morgan fingerprint density at radius 1 is 0.325 bits per heavy atom. The molecule has 0 aromatic heterocycles. The van der Waals surface area contributed by atoms with Crippen LogP contribution in [0.3, 0.4) is 0 Å². The normalized spacial score (nSPS) is 16.1. The Labute approximate surface area is 405 Å². The van der Waals surface area contributed by atoms with E-state index in [1.165, 1.54) is 0 Å². The number of alkyl halides is 39. The third-order valence-corrected chi connectivity index (χ3v) is 26.3. The van der Waals surface area contributed by atoms with Crippen LogP contribution in [0.5, 0.6) is 0 Å². The van der Waals surface area contributed by atoms with Crippen LogP contribution >= 0.6 is 0 Å². The molecule has 2 nitrogen and oxygen atoms in total. The quantitative estimate of drug-likeness (QED) is 0.0706. The number of benzene rings is 1. The topological polar surface area (TPSA) is 20.3 Å². The Morgan fingerprint density at radius 3 is 0.701 bits per heavy atom. The van der Waals surface area contributed by atoms with Crippen molar-refractivity contribution in [3.8, 4) is 0 Å². The van der Waals surface area contributed by atoms with E-state index in [0.29, 0.717) is 4.90 Å². The molecule has 42 heteroatoms. The van der Waals surface area contributed by atoms with Crippen LogP contribution in [0, 0.1) is 0 Å². The molecule has 454 valence electrons. The average Bonchev–Trinajstić information content (AvgIpc) is 3.24. The predicted octanol–water partition coefficient (Wildman–Crippen LogP) is 16.2. The van der Waals surface area contributed by atoms with Gasteiger partial charge in [0.25, 0.3) is 0 Å². The van der Waals surface area contributed by atoms with Crippen LogP contribution in [0.25, 0.3) is 0 Å². The van der Waals surface area contributed by atoms with Gasteiger partial charge in [-0.1, -0.05) is 0 Å². The number of hydrogen-bond donors (Lipinski definition) is 0. The third-order valence-electron chi connectivity index (χ3n) is 11.5. The SMILES string of the molecule is CCN(CC)C(=O)c1cc[c]([Sn]([CH2]CC(F)(F)C(F)(F)C(F)(F)C(F)(F)C(F)(F)C(F)(F)F)([CH2]CC(F)(F)C(F)(F)C(F)(F)C(F)(F)C(F)(F)C(F)(F)F)[CH2]CC(F)(F)C(F)(F)C(F)(F)C(F)(F)C(F)(F)C(F)(F)F)cc1. The molecule has 0 N–H and O–H groups in total. The van der Waals surface area contributed by atoms with Crippen LogP contribution in [0.15, 0.2) is 24.3 Å². The maximum absolute atomic E-state index is 15.3. The summed E-state index contributed by atoms with van der Waals surface area (Å²) >= 11 is -8.39. The molecule has 0 spiro atoms. The summed E-state index contributed by atoms with van der Waals surface area (Å²) in [5.41, 5.74) is -1.00. The number of hydrogen-bond acceptors (Lipinski definition) is 1. The van der Waals surface area contributed by atoms with Crippen molar-refractivity contribution in [1.82, 2.24) is 4.90 Å². The minimum absolute atomic E-state index is 0.0175. The summed E-state index contributed by atoms with van der Waals surface area (Å²) in [5, 5.41) is 0. The fraction of sp³-hybridized carbons (Fsp3) is 0.800. The zero-order valence-corrected chi connectivity index (χ0v) is 39.4. The van der Waals surface area contributed by atoms with Gasteiger partial charge in [-0.05, 0) is 0 Å². The van der Waals surface area contributed by atoms with Crippen molar-refractivity contribution in [2.24, 2.45) is 0 Å².